The summed E-state index contributed by atoms with van der Waals surface area (Å²) in [5.74, 6) is 0.355. The fourth-order valence-corrected chi connectivity index (χ4v) is 3.03. The molecule has 1 aliphatic carbocycles. The minimum absolute atomic E-state index is 0.124. The number of nitrogens with zero attached hydrogens (tertiary/aromatic N) is 1. The van der Waals surface area contributed by atoms with Crippen LogP contribution in [0.2, 0.25) is 0 Å². The van der Waals surface area contributed by atoms with Gasteiger partial charge in [-0.25, -0.2) is 4.39 Å². The van der Waals surface area contributed by atoms with E-state index in [1.165, 1.54) is 6.07 Å². The molecule has 3 nitrogen and oxygen atoms in total. The van der Waals surface area contributed by atoms with Gasteiger partial charge >= 0.3 is 0 Å². The average molecular weight is 294 g/mol. The number of aliphatic hydroxyl groups is 1. The highest BCUT2D eigenvalue weighted by molar-refractivity contribution is 5.54. The Labute approximate surface area is 127 Å². The number of hydrogen-bond acceptors (Lipinski definition) is 3. The van der Waals surface area contributed by atoms with Crippen molar-refractivity contribution in [2.75, 3.05) is 25.0 Å². The summed E-state index contributed by atoms with van der Waals surface area (Å²) in [4.78, 5) is 2.19. The summed E-state index contributed by atoms with van der Waals surface area (Å²) >= 11 is 0. The number of rotatable bonds is 7. The summed E-state index contributed by atoms with van der Waals surface area (Å²) < 4.78 is 13.6. The van der Waals surface area contributed by atoms with E-state index in [9.17, 15) is 9.50 Å². The van der Waals surface area contributed by atoms with Crippen molar-refractivity contribution in [3.63, 3.8) is 0 Å². The van der Waals surface area contributed by atoms with Gasteiger partial charge in [-0.2, -0.15) is 0 Å². The van der Waals surface area contributed by atoms with Crippen LogP contribution in [0.25, 0.3) is 0 Å². The van der Waals surface area contributed by atoms with Crippen molar-refractivity contribution in [1.82, 2.24) is 5.32 Å². The van der Waals surface area contributed by atoms with Crippen LogP contribution in [0.1, 0.15) is 44.7 Å². The molecule has 4 heteroatoms. The Balaban J connectivity index is 2.09. The average Bonchev–Trinajstić information content (AvgIpc) is 2.42. The zero-order valence-electron chi connectivity index (χ0n) is 13.3. The van der Waals surface area contributed by atoms with Gasteiger partial charge in [0.2, 0.25) is 0 Å². The highest BCUT2D eigenvalue weighted by Gasteiger charge is 2.28. The topological polar surface area (TPSA) is 35.5 Å². The largest absolute Gasteiger partial charge is 0.393 e. The Morgan fingerprint density at radius 1 is 1.43 bits per heavy atom. The van der Waals surface area contributed by atoms with Gasteiger partial charge in [0.15, 0.2) is 0 Å². The second-order valence-electron chi connectivity index (χ2n) is 6.25. The maximum Gasteiger partial charge on any atom is 0.123 e. The SMILES string of the molecule is CCCNC(C)c1cc(F)ccc1N(C)CC1CC(O)C1. The molecule has 1 atom stereocenters. The van der Waals surface area contributed by atoms with Crippen LogP contribution < -0.4 is 10.2 Å². The number of benzene rings is 1. The fraction of sp³-hybridized carbons (Fsp3) is 0.647. The van der Waals surface area contributed by atoms with Crippen LogP contribution in [0.15, 0.2) is 18.2 Å². The van der Waals surface area contributed by atoms with Crippen LogP contribution in [0.4, 0.5) is 10.1 Å². The molecule has 0 spiro atoms. The molecule has 0 radical (unpaired) electrons. The van der Waals surface area contributed by atoms with Gasteiger partial charge in [-0.1, -0.05) is 6.92 Å². The fourth-order valence-electron chi connectivity index (χ4n) is 3.03. The van der Waals surface area contributed by atoms with Crippen LogP contribution in [-0.2, 0) is 0 Å². The molecular formula is C17H27FN2O. The summed E-state index contributed by atoms with van der Waals surface area (Å²) in [5, 5.41) is 12.8. The van der Waals surface area contributed by atoms with Crippen molar-refractivity contribution < 1.29 is 9.50 Å². The molecule has 1 aromatic rings. The van der Waals surface area contributed by atoms with Gasteiger partial charge in [0.05, 0.1) is 6.10 Å². The molecular weight excluding hydrogens is 267 g/mol. The molecule has 21 heavy (non-hydrogen) atoms. The highest BCUT2D eigenvalue weighted by atomic mass is 19.1. The third-order valence-corrected chi connectivity index (χ3v) is 4.31. The zero-order chi connectivity index (χ0) is 15.4. The van der Waals surface area contributed by atoms with Crippen LogP contribution in [-0.4, -0.2) is 31.3 Å². The van der Waals surface area contributed by atoms with Crippen LogP contribution in [0, 0.1) is 11.7 Å². The smallest absolute Gasteiger partial charge is 0.123 e. The standard InChI is InChI=1S/C17H27FN2O/c1-4-7-19-12(2)16-10-14(18)5-6-17(16)20(3)11-13-8-15(21)9-13/h5-6,10,12-13,15,19,21H,4,7-9,11H2,1-3H3. The van der Waals surface area contributed by atoms with Crippen molar-refractivity contribution in [1.29, 1.82) is 0 Å². The first kappa shape index (κ1) is 16.2. The van der Waals surface area contributed by atoms with E-state index in [1.807, 2.05) is 13.1 Å². The second-order valence-corrected chi connectivity index (χ2v) is 6.25. The maximum atomic E-state index is 13.6. The number of nitrogens with one attached hydrogen (secondary N) is 1. The number of hydrogen-bond donors (Lipinski definition) is 2. The first-order valence-corrected chi connectivity index (χ1v) is 7.93. The quantitative estimate of drug-likeness (QED) is 0.811. The van der Waals surface area contributed by atoms with Crippen molar-refractivity contribution >= 4 is 5.69 Å². The van der Waals surface area contributed by atoms with E-state index < -0.39 is 0 Å². The van der Waals surface area contributed by atoms with Crippen molar-refractivity contribution in [2.45, 2.75) is 45.3 Å². The van der Waals surface area contributed by atoms with Gasteiger partial charge in [-0.15, -0.1) is 0 Å². The summed E-state index contributed by atoms with van der Waals surface area (Å²) in [5.41, 5.74) is 2.08. The summed E-state index contributed by atoms with van der Waals surface area (Å²) in [6.45, 7) is 6.04. The lowest BCUT2D eigenvalue weighted by molar-refractivity contribution is 0.0464. The molecule has 1 unspecified atom stereocenters. The molecule has 2 rings (SSSR count). The van der Waals surface area contributed by atoms with E-state index in [4.69, 9.17) is 0 Å². The van der Waals surface area contributed by atoms with Crippen molar-refractivity contribution in [3.05, 3.63) is 29.6 Å². The number of halogens is 1. The van der Waals surface area contributed by atoms with Crippen LogP contribution >= 0.6 is 0 Å². The molecule has 0 saturated heterocycles. The van der Waals surface area contributed by atoms with Crippen LogP contribution in [0.5, 0.6) is 0 Å². The lowest BCUT2D eigenvalue weighted by atomic mass is 9.82. The van der Waals surface area contributed by atoms with E-state index in [0.717, 1.165) is 43.6 Å². The zero-order valence-corrected chi connectivity index (χ0v) is 13.3. The molecule has 0 amide bonds. The van der Waals surface area contributed by atoms with Gasteiger partial charge in [0, 0.05) is 25.3 Å². The minimum atomic E-state index is -0.189. The summed E-state index contributed by atoms with van der Waals surface area (Å²) in [7, 11) is 2.05. The molecule has 1 aromatic carbocycles. The monoisotopic (exact) mass is 294 g/mol. The Hall–Kier alpha value is -1.13. The number of aliphatic hydroxyl groups excluding tert-OH is 1. The van der Waals surface area contributed by atoms with Crippen molar-refractivity contribution in [3.8, 4) is 0 Å². The molecule has 1 saturated carbocycles. The molecule has 0 heterocycles. The summed E-state index contributed by atoms with van der Waals surface area (Å²) in [6.07, 6.45) is 2.70. The Morgan fingerprint density at radius 2 is 2.14 bits per heavy atom. The van der Waals surface area contributed by atoms with Gasteiger partial charge in [-0.05, 0) is 62.4 Å². The first-order valence-electron chi connectivity index (χ1n) is 7.93. The Kier molecular flexibility index (Phi) is 5.59. The predicted molar refractivity (Wildman–Crippen MR) is 85.1 cm³/mol. The van der Waals surface area contributed by atoms with Gasteiger partial charge in [0.25, 0.3) is 0 Å². The molecule has 0 aliphatic heterocycles. The lowest BCUT2D eigenvalue weighted by Crippen LogP contribution is -2.37. The van der Waals surface area contributed by atoms with Gasteiger partial charge < -0.3 is 15.3 Å². The molecule has 0 bridgehead atoms. The minimum Gasteiger partial charge on any atom is -0.393 e. The summed E-state index contributed by atoms with van der Waals surface area (Å²) in [6, 6.07) is 5.15. The molecule has 2 N–H and O–H groups in total. The molecule has 1 aliphatic rings. The van der Waals surface area contributed by atoms with E-state index in [1.54, 1.807) is 6.07 Å². The second kappa shape index (κ2) is 7.23. The normalized spacial score (nSPS) is 22.7. The predicted octanol–water partition coefficient (Wildman–Crippen LogP) is 3.09. The van der Waals surface area contributed by atoms with Crippen molar-refractivity contribution in [2.24, 2.45) is 5.92 Å². The Morgan fingerprint density at radius 3 is 2.76 bits per heavy atom. The lowest BCUT2D eigenvalue weighted by Gasteiger charge is -2.36. The maximum absolute atomic E-state index is 13.6. The number of anilines is 1. The Bertz CT molecular complexity index is 460. The highest BCUT2D eigenvalue weighted by Crippen LogP contribution is 2.32. The third kappa shape index (κ3) is 4.17. The van der Waals surface area contributed by atoms with Crippen LogP contribution in [0.3, 0.4) is 0 Å². The third-order valence-electron chi connectivity index (χ3n) is 4.31. The van der Waals surface area contributed by atoms with Gasteiger partial charge in [0.1, 0.15) is 5.82 Å². The molecule has 0 aromatic heterocycles. The first-order chi connectivity index (χ1) is 10.0. The van der Waals surface area contributed by atoms with E-state index in [2.05, 4.69) is 24.1 Å². The van der Waals surface area contributed by atoms with E-state index >= 15 is 0 Å². The van der Waals surface area contributed by atoms with E-state index in [-0.39, 0.29) is 18.0 Å². The molecule has 1 fully saturated rings. The molecule has 118 valence electrons. The van der Waals surface area contributed by atoms with E-state index in [0.29, 0.717) is 5.92 Å². The van der Waals surface area contributed by atoms with Gasteiger partial charge in [-0.3, -0.25) is 0 Å².